The fourth-order valence-corrected chi connectivity index (χ4v) is 3.16. The third kappa shape index (κ3) is 3.83. The second-order valence-corrected chi connectivity index (χ2v) is 6.65. The Morgan fingerprint density at radius 3 is 2.54 bits per heavy atom. The highest BCUT2D eigenvalue weighted by atomic mass is 16.1. The van der Waals surface area contributed by atoms with Gasteiger partial charge in [-0.1, -0.05) is 12.1 Å². The van der Waals surface area contributed by atoms with Gasteiger partial charge >= 0.3 is 0 Å². The Kier molecular flexibility index (Phi) is 5.63. The normalized spacial score (nSPS) is 10.7. The number of nitrogens with one attached hydrogen (secondary N) is 1. The van der Waals surface area contributed by atoms with Crippen LogP contribution in [0, 0.1) is 6.92 Å². The molecular formula is C21H26N6O. The lowest BCUT2D eigenvalue weighted by Gasteiger charge is -2.19. The summed E-state index contributed by atoms with van der Waals surface area (Å²) < 4.78 is 1.55. The van der Waals surface area contributed by atoms with E-state index in [1.807, 2.05) is 49.5 Å². The summed E-state index contributed by atoms with van der Waals surface area (Å²) in [6, 6.07) is 11.3. The van der Waals surface area contributed by atoms with Gasteiger partial charge in [0.15, 0.2) is 11.6 Å². The van der Waals surface area contributed by atoms with Crippen molar-refractivity contribution in [3.05, 3.63) is 58.5 Å². The Hall–Kier alpha value is -3.35. The van der Waals surface area contributed by atoms with Gasteiger partial charge in [0.1, 0.15) is 5.69 Å². The van der Waals surface area contributed by atoms with Crippen molar-refractivity contribution < 1.29 is 0 Å². The summed E-state index contributed by atoms with van der Waals surface area (Å²) in [4.78, 5) is 14.7. The maximum atomic E-state index is 12.6. The van der Waals surface area contributed by atoms with Crippen molar-refractivity contribution >= 4 is 23.0 Å². The van der Waals surface area contributed by atoms with Crippen LogP contribution in [0.3, 0.4) is 0 Å². The zero-order valence-electron chi connectivity index (χ0n) is 16.7. The van der Waals surface area contributed by atoms with Crippen LogP contribution in [0.1, 0.15) is 19.4 Å². The number of nitrogens with two attached hydrogens (primary N) is 1. The average molecular weight is 378 g/mol. The van der Waals surface area contributed by atoms with Crippen molar-refractivity contribution in [3.8, 4) is 11.1 Å². The first-order chi connectivity index (χ1) is 13.4. The van der Waals surface area contributed by atoms with Gasteiger partial charge in [-0.15, -0.1) is 10.2 Å². The summed E-state index contributed by atoms with van der Waals surface area (Å²) in [5.74, 6) is 1.34. The number of nitrogens with zero attached hydrogens (tertiary/aromatic N) is 4. The minimum absolute atomic E-state index is 0.139. The molecule has 28 heavy (non-hydrogen) atoms. The quantitative estimate of drug-likeness (QED) is 0.640. The topological polar surface area (TPSA) is 89.1 Å². The molecule has 0 fully saturated rings. The number of rotatable bonds is 6. The molecule has 0 amide bonds. The van der Waals surface area contributed by atoms with E-state index in [1.54, 1.807) is 11.6 Å². The van der Waals surface area contributed by atoms with Gasteiger partial charge in [-0.25, -0.2) is 0 Å². The highest BCUT2D eigenvalue weighted by molar-refractivity contribution is 5.75. The van der Waals surface area contributed by atoms with Crippen molar-refractivity contribution in [3.63, 3.8) is 0 Å². The van der Waals surface area contributed by atoms with E-state index in [4.69, 9.17) is 5.73 Å². The lowest BCUT2D eigenvalue weighted by atomic mass is 10.0. The van der Waals surface area contributed by atoms with Gasteiger partial charge in [0, 0.05) is 37.6 Å². The minimum atomic E-state index is -0.139. The van der Waals surface area contributed by atoms with E-state index in [0.29, 0.717) is 11.5 Å². The zero-order chi connectivity index (χ0) is 20.3. The number of pyridine rings is 1. The Labute approximate surface area is 164 Å². The van der Waals surface area contributed by atoms with Crippen LogP contribution in [-0.2, 0) is 7.05 Å². The molecule has 0 aliphatic rings. The molecule has 7 heteroatoms. The zero-order valence-corrected chi connectivity index (χ0v) is 16.7. The van der Waals surface area contributed by atoms with E-state index in [-0.39, 0.29) is 5.56 Å². The molecule has 2 aromatic heterocycles. The van der Waals surface area contributed by atoms with Gasteiger partial charge in [-0.05, 0) is 56.2 Å². The Morgan fingerprint density at radius 2 is 1.89 bits per heavy atom. The predicted molar refractivity (Wildman–Crippen MR) is 115 cm³/mol. The Morgan fingerprint density at radius 1 is 1.14 bits per heavy atom. The van der Waals surface area contributed by atoms with E-state index in [9.17, 15) is 4.79 Å². The minimum Gasteiger partial charge on any atom is -0.398 e. The first kappa shape index (κ1) is 19.4. The van der Waals surface area contributed by atoms with Crippen molar-refractivity contribution in [1.82, 2.24) is 14.8 Å². The highest BCUT2D eigenvalue weighted by Crippen LogP contribution is 2.28. The third-order valence-corrected chi connectivity index (χ3v) is 4.87. The third-order valence-electron chi connectivity index (χ3n) is 4.87. The molecule has 1 aromatic carbocycles. The van der Waals surface area contributed by atoms with Crippen molar-refractivity contribution in [2.45, 2.75) is 20.8 Å². The monoisotopic (exact) mass is 378 g/mol. The first-order valence-electron chi connectivity index (χ1n) is 9.36. The van der Waals surface area contributed by atoms with Gasteiger partial charge in [-0.3, -0.25) is 4.79 Å². The molecule has 3 aromatic rings. The molecule has 0 aliphatic heterocycles. The van der Waals surface area contributed by atoms with Crippen LogP contribution in [0.15, 0.2) is 47.4 Å². The molecule has 7 nitrogen and oxygen atoms in total. The molecule has 0 spiro atoms. The molecule has 2 heterocycles. The summed E-state index contributed by atoms with van der Waals surface area (Å²) >= 11 is 0. The largest absolute Gasteiger partial charge is 0.398 e. The lowest BCUT2D eigenvalue weighted by Crippen LogP contribution is -2.23. The second kappa shape index (κ2) is 8.12. The number of aromatic nitrogens is 3. The summed E-state index contributed by atoms with van der Waals surface area (Å²) in [5.41, 5.74) is 9.94. The van der Waals surface area contributed by atoms with Crippen LogP contribution in [0.4, 0.5) is 23.0 Å². The molecule has 0 saturated carbocycles. The highest BCUT2D eigenvalue weighted by Gasteiger charge is 2.11. The van der Waals surface area contributed by atoms with E-state index < -0.39 is 0 Å². The van der Waals surface area contributed by atoms with Gasteiger partial charge < -0.3 is 20.5 Å². The Balaban J connectivity index is 1.95. The van der Waals surface area contributed by atoms with E-state index in [0.717, 1.165) is 41.3 Å². The van der Waals surface area contributed by atoms with Crippen LogP contribution in [0.25, 0.3) is 11.1 Å². The average Bonchev–Trinajstić information content (AvgIpc) is 2.69. The molecule has 3 N–H and O–H groups in total. The fraction of sp³-hybridized carbons (Fsp3) is 0.286. The number of nitrogen functional groups attached to an aromatic ring is 1. The molecule has 3 rings (SSSR count). The van der Waals surface area contributed by atoms with Crippen molar-refractivity contribution in [2.75, 3.05) is 29.0 Å². The molecule has 0 atom stereocenters. The number of anilines is 4. The fourth-order valence-electron chi connectivity index (χ4n) is 3.16. The maximum Gasteiger partial charge on any atom is 0.274 e. The van der Waals surface area contributed by atoms with E-state index in [1.165, 1.54) is 0 Å². The van der Waals surface area contributed by atoms with Crippen molar-refractivity contribution in [2.24, 2.45) is 7.05 Å². The number of benzene rings is 1. The standard InChI is InChI=1S/C21H26N6O/c1-5-27(6-2)20-11-10-19(24-25-20)23-18-12-15(13-26(4)21(18)28)16-8-7-9-17(22)14(16)3/h7-13H,5-6,22H2,1-4H3,(H,23,24). The predicted octanol–water partition coefficient (Wildman–Crippen LogP) is 3.32. The second-order valence-electron chi connectivity index (χ2n) is 6.65. The van der Waals surface area contributed by atoms with Gasteiger partial charge in [0.2, 0.25) is 0 Å². The van der Waals surface area contributed by atoms with Crippen LogP contribution < -0.4 is 21.5 Å². The van der Waals surface area contributed by atoms with Gasteiger partial charge in [-0.2, -0.15) is 0 Å². The van der Waals surface area contributed by atoms with Crippen molar-refractivity contribution in [1.29, 1.82) is 0 Å². The first-order valence-corrected chi connectivity index (χ1v) is 9.36. The summed E-state index contributed by atoms with van der Waals surface area (Å²) in [6.45, 7) is 7.84. The summed E-state index contributed by atoms with van der Waals surface area (Å²) in [5, 5.41) is 11.6. The number of hydrogen-bond donors (Lipinski definition) is 2. The number of aryl methyl sites for hydroxylation is 1. The number of hydrogen-bond acceptors (Lipinski definition) is 6. The van der Waals surface area contributed by atoms with Crippen LogP contribution in [0.2, 0.25) is 0 Å². The molecular weight excluding hydrogens is 352 g/mol. The van der Waals surface area contributed by atoms with E-state index in [2.05, 4.69) is 34.3 Å². The SMILES string of the molecule is CCN(CC)c1ccc(Nc2cc(-c3cccc(N)c3C)cn(C)c2=O)nn1. The van der Waals surface area contributed by atoms with E-state index >= 15 is 0 Å². The van der Waals surface area contributed by atoms with Gasteiger partial charge in [0.25, 0.3) is 5.56 Å². The van der Waals surface area contributed by atoms with Crippen LogP contribution >= 0.6 is 0 Å². The smallest absolute Gasteiger partial charge is 0.274 e. The molecule has 146 valence electrons. The Bertz CT molecular complexity index is 1020. The van der Waals surface area contributed by atoms with Crippen LogP contribution in [0.5, 0.6) is 0 Å². The molecule has 0 radical (unpaired) electrons. The summed E-state index contributed by atoms with van der Waals surface area (Å²) in [7, 11) is 1.73. The lowest BCUT2D eigenvalue weighted by molar-refractivity contribution is 0.825. The summed E-state index contributed by atoms with van der Waals surface area (Å²) in [6.07, 6.45) is 1.81. The maximum absolute atomic E-state index is 12.6. The van der Waals surface area contributed by atoms with Gasteiger partial charge in [0.05, 0.1) is 0 Å². The molecule has 0 saturated heterocycles. The molecule has 0 unspecified atom stereocenters. The van der Waals surface area contributed by atoms with Crippen LogP contribution in [-0.4, -0.2) is 27.9 Å². The molecule has 0 aliphatic carbocycles. The molecule has 0 bridgehead atoms.